The first-order valence-corrected chi connectivity index (χ1v) is 13.0. The van der Waals surface area contributed by atoms with Crippen LogP contribution in [0.15, 0.2) is 43.1 Å². The second-order valence-corrected chi connectivity index (χ2v) is 10.0. The Morgan fingerprint density at radius 3 is 2.59 bits per heavy atom. The number of nitrogens with zero attached hydrogens (tertiary/aromatic N) is 5. The standard InChI is InChI=1S/C29H35FN8O3/c1-17(27(31)40)20-14-23(25(41-6)15-24(20)37(5)13-12-36(3)4)34-29-32-16-21(30)28(35-29)33-22-9-7-8-19-10-11-38(18(2)39)26(19)22/h7-9,14-16H,1,10-13H2,2-6H3,(H2,31,40)(H2,32,33,34,35). The first kappa shape index (κ1) is 29.3. The highest BCUT2D eigenvalue weighted by Gasteiger charge is 2.26. The number of nitrogens with two attached hydrogens (primary N) is 1. The van der Waals surface area contributed by atoms with Gasteiger partial charge >= 0.3 is 0 Å². The molecule has 0 aliphatic carbocycles. The fourth-order valence-corrected chi connectivity index (χ4v) is 4.63. The van der Waals surface area contributed by atoms with E-state index >= 15 is 0 Å². The van der Waals surface area contributed by atoms with Crippen LogP contribution in [0.3, 0.4) is 0 Å². The average Bonchev–Trinajstić information content (AvgIpc) is 3.38. The van der Waals surface area contributed by atoms with E-state index in [-0.39, 0.29) is 23.2 Å². The third-order valence-electron chi connectivity index (χ3n) is 6.85. The third kappa shape index (κ3) is 6.38. The maximum Gasteiger partial charge on any atom is 0.248 e. The first-order chi connectivity index (χ1) is 19.5. The summed E-state index contributed by atoms with van der Waals surface area (Å²) in [6.45, 7) is 7.38. The van der Waals surface area contributed by atoms with Crippen LogP contribution in [0.2, 0.25) is 0 Å². The number of anilines is 6. The van der Waals surface area contributed by atoms with E-state index in [1.807, 2.05) is 43.1 Å². The molecule has 0 saturated carbocycles. The van der Waals surface area contributed by atoms with Gasteiger partial charge in [0, 0.05) is 56.5 Å². The van der Waals surface area contributed by atoms with Gasteiger partial charge in [-0.1, -0.05) is 18.7 Å². The number of carbonyl (C=O) groups is 2. The summed E-state index contributed by atoms with van der Waals surface area (Å²) in [5, 5.41) is 6.10. The van der Waals surface area contributed by atoms with Gasteiger partial charge in [0.25, 0.3) is 0 Å². The predicted molar refractivity (Wildman–Crippen MR) is 160 cm³/mol. The maximum absolute atomic E-state index is 14.9. The van der Waals surface area contributed by atoms with E-state index in [4.69, 9.17) is 10.5 Å². The van der Waals surface area contributed by atoms with Crippen molar-refractivity contribution in [2.75, 3.05) is 68.3 Å². The van der Waals surface area contributed by atoms with Crippen molar-refractivity contribution in [2.45, 2.75) is 13.3 Å². The zero-order valence-corrected chi connectivity index (χ0v) is 23.9. The number of primary amides is 1. The van der Waals surface area contributed by atoms with Crippen LogP contribution >= 0.6 is 0 Å². The molecule has 11 nitrogen and oxygen atoms in total. The lowest BCUT2D eigenvalue weighted by Gasteiger charge is -2.26. The largest absolute Gasteiger partial charge is 0.494 e. The lowest BCUT2D eigenvalue weighted by Crippen LogP contribution is -2.29. The topological polar surface area (TPSA) is 129 Å². The van der Waals surface area contributed by atoms with Crippen molar-refractivity contribution in [3.8, 4) is 5.75 Å². The summed E-state index contributed by atoms with van der Waals surface area (Å²) >= 11 is 0. The molecule has 0 spiro atoms. The molecule has 0 bridgehead atoms. The molecule has 216 valence electrons. The van der Waals surface area contributed by atoms with Gasteiger partial charge < -0.3 is 35.8 Å². The average molecular weight is 563 g/mol. The summed E-state index contributed by atoms with van der Waals surface area (Å²) in [5.74, 6) is -0.992. The molecular formula is C29H35FN8O3. The number of likely N-dealkylation sites (N-methyl/N-ethyl adjacent to an activating group) is 2. The number of nitrogens with one attached hydrogen (secondary N) is 2. The van der Waals surface area contributed by atoms with E-state index in [0.717, 1.165) is 18.3 Å². The van der Waals surface area contributed by atoms with Gasteiger partial charge in [-0.15, -0.1) is 0 Å². The molecule has 4 rings (SSSR count). The summed E-state index contributed by atoms with van der Waals surface area (Å²) in [6, 6.07) is 9.01. The van der Waals surface area contributed by atoms with Crippen LogP contribution in [0.25, 0.3) is 5.57 Å². The van der Waals surface area contributed by atoms with Crippen molar-refractivity contribution >= 4 is 51.9 Å². The third-order valence-corrected chi connectivity index (χ3v) is 6.85. The number of benzene rings is 2. The molecule has 4 N–H and O–H groups in total. The minimum absolute atomic E-state index is 0.0764. The second kappa shape index (κ2) is 12.2. The monoisotopic (exact) mass is 562 g/mol. The van der Waals surface area contributed by atoms with Gasteiger partial charge in [-0.05, 0) is 38.2 Å². The highest BCUT2D eigenvalue weighted by Crippen LogP contribution is 2.39. The predicted octanol–water partition coefficient (Wildman–Crippen LogP) is 3.52. The maximum atomic E-state index is 14.9. The van der Waals surface area contributed by atoms with Crippen LogP contribution in [-0.4, -0.2) is 74.6 Å². The summed E-state index contributed by atoms with van der Waals surface area (Å²) in [4.78, 5) is 38.4. The Hall–Kier alpha value is -4.71. The number of ether oxygens (including phenoxy) is 1. The van der Waals surface area contributed by atoms with E-state index in [2.05, 4.69) is 27.2 Å². The number of para-hydroxylation sites is 1. The first-order valence-electron chi connectivity index (χ1n) is 13.0. The quantitative estimate of drug-likeness (QED) is 0.301. The number of aromatic nitrogens is 2. The zero-order valence-electron chi connectivity index (χ0n) is 23.9. The van der Waals surface area contributed by atoms with Gasteiger partial charge in [0.15, 0.2) is 11.6 Å². The fourth-order valence-electron chi connectivity index (χ4n) is 4.63. The van der Waals surface area contributed by atoms with Crippen LogP contribution in [0.1, 0.15) is 18.1 Å². The van der Waals surface area contributed by atoms with E-state index in [0.29, 0.717) is 53.6 Å². The van der Waals surface area contributed by atoms with E-state index < -0.39 is 11.7 Å². The molecule has 41 heavy (non-hydrogen) atoms. The number of hydrogen-bond acceptors (Lipinski definition) is 9. The molecule has 0 radical (unpaired) electrons. The number of halogens is 1. The number of amides is 2. The van der Waals surface area contributed by atoms with Gasteiger partial charge in [0.05, 0.1) is 30.4 Å². The van der Waals surface area contributed by atoms with Crippen molar-refractivity contribution < 1.29 is 18.7 Å². The van der Waals surface area contributed by atoms with Gasteiger partial charge in [-0.2, -0.15) is 4.98 Å². The number of fused-ring (bicyclic) bond motifs is 1. The van der Waals surface area contributed by atoms with Crippen molar-refractivity contribution in [1.29, 1.82) is 0 Å². The molecule has 2 heterocycles. The SMILES string of the molecule is C=C(C(N)=O)c1cc(Nc2ncc(F)c(Nc3cccc4c3N(C(C)=O)CC4)n2)c(OC)cc1N(C)CCN(C)C. The van der Waals surface area contributed by atoms with Crippen LogP contribution in [0, 0.1) is 5.82 Å². The Balaban J connectivity index is 1.69. The Bertz CT molecular complexity index is 1490. The summed E-state index contributed by atoms with van der Waals surface area (Å²) in [7, 11) is 7.36. The molecule has 0 unspecified atom stereocenters. The second-order valence-electron chi connectivity index (χ2n) is 10.0. The van der Waals surface area contributed by atoms with Crippen molar-refractivity contribution in [3.63, 3.8) is 0 Å². The van der Waals surface area contributed by atoms with Gasteiger partial charge in [0.1, 0.15) is 5.75 Å². The molecule has 0 fully saturated rings. The highest BCUT2D eigenvalue weighted by molar-refractivity contribution is 6.19. The number of carbonyl (C=O) groups excluding carboxylic acids is 2. The Kier molecular flexibility index (Phi) is 8.72. The van der Waals surface area contributed by atoms with Gasteiger partial charge in [0.2, 0.25) is 17.8 Å². The smallest absolute Gasteiger partial charge is 0.248 e. The number of hydrogen-bond donors (Lipinski definition) is 3. The van der Waals surface area contributed by atoms with Crippen molar-refractivity contribution in [3.05, 3.63) is 60.1 Å². The minimum atomic E-state index is -0.673. The van der Waals surface area contributed by atoms with Crippen LogP contribution in [-0.2, 0) is 16.0 Å². The molecule has 1 aromatic heterocycles. The van der Waals surface area contributed by atoms with Crippen LogP contribution in [0.4, 0.5) is 38.9 Å². The molecule has 1 aliphatic rings. The van der Waals surface area contributed by atoms with Crippen molar-refractivity contribution in [2.24, 2.45) is 5.73 Å². The molecule has 1 aliphatic heterocycles. The fraction of sp³-hybridized carbons (Fsp3) is 0.310. The molecule has 2 aromatic carbocycles. The van der Waals surface area contributed by atoms with E-state index in [1.54, 1.807) is 23.1 Å². The Morgan fingerprint density at radius 2 is 1.93 bits per heavy atom. The molecular weight excluding hydrogens is 527 g/mol. The van der Waals surface area contributed by atoms with Crippen LogP contribution < -0.4 is 30.9 Å². The molecule has 0 saturated heterocycles. The van der Waals surface area contributed by atoms with Gasteiger partial charge in [-0.25, -0.2) is 9.37 Å². The summed E-state index contributed by atoms with van der Waals surface area (Å²) < 4.78 is 20.5. The number of rotatable bonds is 11. The molecule has 3 aromatic rings. The zero-order chi connectivity index (χ0) is 29.8. The van der Waals surface area contributed by atoms with Crippen molar-refractivity contribution in [1.82, 2.24) is 14.9 Å². The van der Waals surface area contributed by atoms with E-state index in [9.17, 15) is 14.0 Å². The normalized spacial score (nSPS) is 12.2. The van der Waals surface area contributed by atoms with E-state index in [1.165, 1.54) is 14.0 Å². The summed E-state index contributed by atoms with van der Waals surface area (Å²) in [6.07, 6.45) is 1.76. The number of methoxy groups -OCH3 is 1. The molecule has 2 amide bonds. The lowest BCUT2D eigenvalue weighted by molar-refractivity contribution is -0.116. The molecule has 12 heteroatoms. The van der Waals surface area contributed by atoms with Gasteiger partial charge in [-0.3, -0.25) is 9.59 Å². The Labute approximate surface area is 238 Å². The molecule has 0 atom stereocenters. The lowest BCUT2D eigenvalue weighted by atomic mass is 10.0. The highest BCUT2D eigenvalue weighted by atomic mass is 19.1. The van der Waals surface area contributed by atoms with Crippen LogP contribution in [0.5, 0.6) is 5.75 Å². The summed E-state index contributed by atoms with van der Waals surface area (Å²) in [5.41, 5.74) is 9.60. The Morgan fingerprint density at radius 1 is 1.17 bits per heavy atom. The minimum Gasteiger partial charge on any atom is -0.494 e.